The summed E-state index contributed by atoms with van der Waals surface area (Å²) in [6.45, 7) is 12.3. The molecule has 16 heavy (non-hydrogen) atoms. The third-order valence-electron chi connectivity index (χ3n) is 4.24. The van der Waals surface area contributed by atoms with E-state index in [0.29, 0.717) is 11.3 Å². The number of hydrogen-bond donors (Lipinski definition) is 1. The van der Waals surface area contributed by atoms with Crippen LogP contribution in [0.1, 0.15) is 27.2 Å². The minimum Gasteiger partial charge on any atom is -0.379 e. The number of ether oxygens (including phenoxy) is 1. The van der Waals surface area contributed by atoms with E-state index in [2.05, 4.69) is 25.7 Å². The lowest BCUT2D eigenvalue weighted by Gasteiger charge is -2.28. The maximum atomic E-state index is 6.03. The molecule has 0 amide bonds. The third kappa shape index (κ3) is 2.76. The summed E-state index contributed by atoms with van der Waals surface area (Å²) in [5, 5.41) is 0. The summed E-state index contributed by atoms with van der Waals surface area (Å²) in [7, 11) is 0. The molecule has 0 bridgehead atoms. The van der Waals surface area contributed by atoms with E-state index in [-0.39, 0.29) is 6.04 Å². The van der Waals surface area contributed by atoms with Gasteiger partial charge in [-0.25, -0.2) is 0 Å². The zero-order valence-electron chi connectivity index (χ0n) is 10.9. The molecule has 2 rings (SSSR count). The van der Waals surface area contributed by atoms with Crippen molar-refractivity contribution in [2.24, 2.45) is 23.0 Å². The Balaban J connectivity index is 1.81. The molecule has 3 atom stereocenters. The van der Waals surface area contributed by atoms with Crippen molar-refractivity contribution < 1.29 is 4.74 Å². The standard InChI is InChI=1S/C13H26N2O/c1-13(2,3)11-4-5-15(7-11)6-10-8-16-9-12(10)14/h10-12H,4-9,14H2,1-3H3. The lowest BCUT2D eigenvalue weighted by atomic mass is 9.80. The summed E-state index contributed by atoms with van der Waals surface area (Å²) in [5.41, 5.74) is 6.47. The lowest BCUT2D eigenvalue weighted by Crippen LogP contribution is -2.38. The summed E-state index contributed by atoms with van der Waals surface area (Å²) in [6, 6.07) is 0.258. The first-order chi connectivity index (χ1) is 7.47. The van der Waals surface area contributed by atoms with Gasteiger partial charge in [0.1, 0.15) is 0 Å². The Morgan fingerprint density at radius 3 is 2.56 bits per heavy atom. The van der Waals surface area contributed by atoms with E-state index >= 15 is 0 Å². The molecular weight excluding hydrogens is 200 g/mol. The van der Waals surface area contributed by atoms with Crippen LogP contribution in [-0.4, -0.2) is 43.8 Å². The van der Waals surface area contributed by atoms with Crippen LogP contribution in [-0.2, 0) is 4.74 Å². The number of nitrogens with zero attached hydrogens (tertiary/aromatic N) is 1. The van der Waals surface area contributed by atoms with Gasteiger partial charge < -0.3 is 15.4 Å². The van der Waals surface area contributed by atoms with E-state index in [1.165, 1.54) is 19.5 Å². The van der Waals surface area contributed by atoms with Gasteiger partial charge in [0.2, 0.25) is 0 Å². The second-order valence-electron chi connectivity index (χ2n) is 6.57. The predicted molar refractivity (Wildman–Crippen MR) is 66.3 cm³/mol. The number of rotatable bonds is 2. The molecule has 2 saturated heterocycles. The summed E-state index contributed by atoms with van der Waals surface area (Å²) >= 11 is 0. The molecule has 94 valence electrons. The second-order valence-corrected chi connectivity index (χ2v) is 6.57. The number of likely N-dealkylation sites (tertiary alicyclic amines) is 1. The van der Waals surface area contributed by atoms with Crippen molar-refractivity contribution in [1.29, 1.82) is 0 Å². The predicted octanol–water partition coefficient (Wildman–Crippen LogP) is 1.33. The molecule has 0 spiro atoms. The molecule has 0 aromatic heterocycles. The Kier molecular flexibility index (Phi) is 3.57. The van der Waals surface area contributed by atoms with Gasteiger partial charge >= 0.3 is 0 Å². The van der Waals surface area contributed by atoms with Crippen molar-refractivity contribution >= 4 is 0 Å². The fourth-order valence-electron chi connectivity index (χ4n) is 2.84. The van der Waals surface area contributed by atoms with Gasteiger partial charge in [-0.2, -0.15) is 0 Å². The SMILES string of the molecule is CC(C)(C)C1CCN(CC2COCC2N)C1. The van der Waals surface area contributed by atoms with Crippen LogP contribution < -0.4 is 5.73 Å². The molecule has 3 unspecified atom stereocenters. The minimum atomic E-state index is 0.258. The smallest absolute Gasteiger partial charge is 0.0621 e. The van der Waals surface area contributed by atoms with Crippen molar-refractivity contribution in [3.05, 3.63) is 0 Å². The van der Waals surface area contributed by atoms with Crippen molar-refractivity contribution in [2.75, 3.05) is 32.8 Å². The Labute approximate surface area is 99.3 Å². The van der Waals surface area contributed by atoms with E-state index in [4.69, 9.17) is 10.5 Å². The van der Waals surface area contributed by atoms with Crippen LogP contribution >= 0.6 is 0 Å². The average molecular weight is 226 g/mol. The van der Waals surface area contributed by atoms with Crippen LogP contribution in [0.2, 0.25) is 0 Å². The van der Waals surface area contributed by atoms with E-state index in [0.717, 1.165) is 25.7 Å². The van der Waals surface area contributed by atoms with E-state index in [1.807, 2.05) is 0 Å². The first-order valence-corrected chi connectivity index (χ1v) is 6.52. The molecule has 2 N–H and O–H groups in total. The molecule has 2 aliphatic rings. The molecular formula is C13H26N2O. The molecule has 2 heterocycles. The van der Waals surface area contributed by atoms with Gasteiger partial charge in [-0.05, 0) is 24.3 Å². The number of nitrogens with two attached hydrogens (primary N) is 1. The van der Waals surface area contributed by atoms with Crippen LogP contribution in [0, 0.1) is 17.3 Å². The highest BCUT2D eigenvalue weighted by atomic mass is 16.5. The lowest BCUT2D eigenvalue weighted by molar-refractivity contribution is 0.168. The molecule has 0 aromatic rings. The number of hydrogen-bond acceptors (Lipinski definition) is 3. The summed E-state index contributed by atoms with van der Waals surface area (Å²) < 4.78 is 5.42. The van der Waals surface area contributed by atoms with Crippen molar-refractivity contribution in [2.45, 2.75) is 33.2 Å². The Hall–Kier alpha value is -0.120. The van der Waals surface area contributed by atoms with Crippen molar-refractivity contribution in [1.82, 2.24) is 4.90 Å². The topological polar surface area (TPSA) is 38.5 Å². The monoisotopic (exact) mass is 226 g/mol. The van der Waals surface area contributed by atoms with Gasteiger partial charge in [-0.15, -0.1) is 0 Å². The Morgan fingerprint density at radius 2 is 2.06 bits per heavy atom. The maximum Gasteiger partial charge on any atom is 0.0621 e. The fourth-order valence-corrected chi connectivity index (χ4v) is 2.84. The quantitative estimate of drug-likeness (QED) is 0.772. The van der Waals surface area contributed by atoms with Crippen molar-refractivity contribution in [3.63, 3.8) is 0 Å². The Bertz CT molecular complexity index is 237. The zero-order chi connectivity index (χ0) is 11.8. The molecule has 2 aliphatic heterocycles. The first-order valence-electron chi connectivity index (χ1n) is 6.52. The Morgan fingerprint density at radius 1 is 1.31 bits per heavy atom. The highest BCUT2D eigenvalue weighted by Gasteiger charge is 2.34. The van der Waals surface area contributed by atoms with Gasteiger partial charge in [-0.3, -0.25) is 0 Å². The molecule has 0 saturated carbocycles. The van der Waals surface area contributed by atoms with Gasteiger partial charge in [0.15, 0.2) is 0 Å². The van der Waals surface area contributed by atoms with E-state index in [1.54, 1.807) is 0 Å². The second kappa shape index (κ2) is 4.63. The van der Waals surface area contributed by atoms with Gasteiger partial charge in [0, 0.05) is 25.0 Å². The first kappa shape index (κ1) is 12.3. The van der Waals surface area contributed by atoms with Gasteiger partial charge in [-0.1, -0.05) is 20.8 Å². The molecule has 0 radical (unpaired) electrons. The molecule has 0 aromatic carbocycles. The largest absolute Gasteiger partial charge is 0.379 e. The van der Waals surface area contributed by atoms with Gasteiger partial charge in [0.05, 0.1) is 13.2 Å². The molecule has 3 heteroatoms. The zero-order valence-corrected chi connectivity index (χ0v) is 10.9. The molecule has 2 fully saturated rings. The highest BCUT2D eigenvalue weighted by Crippen LogP contribution is 2.34. The fraction of sp³-hybridized carbons (Fsp3) is 1.00. The van der Waals surface area contributed by atoms with Gasteiger partial charge in [0.25, 0.3) is 0 Å². The third-order valence-corrected chi connectivity index (χ3v) is 4.24. The highest BCUT2D eigenvalue weighted by molar-refractivity contribution is 4.87. The summed E-state index contributed by atoms with van der Waals surface area (Å²) in [4.78, 5) is 2.58. The molecule has 3 nitrogen and oxygen atoms in total. The minimum absolute atomic E-state index is 0.258. The maximum absolute atomic E-state index is 6.03. The van der Waals surface area contributed by atoms with E-state index in [9.17, 15) is 0 Å². The van der Waals surface area contributed by atoms with Crippen LogP contribution in [0.3, 0.4) is 0 Å². The average Bonchev–Trinajstić information content (AvgIpc) is 2.76. The van der Waals surface area contributed by atoms with Crippen LogP contribution in [0.15, 0.2) is 0 Å². The van der Waals surface area contributed by atoms with Crippen molar-refractivity contribution in [3.8, 4) is 0 Å². The van der Waals surface area contributed by atoms with Crippen LogP contribution in [0.5, 0.6) is 0 Å². The molecule has 0 aliphatic carbocycles. The normalized spacial score (nSPS) is 37.1. The summed E-state index contributed by atoms with van der Waals surface area (Å²) in [5.74, 6) is 1.39. The summed E-state index contributed by atoms with van der Waals surface area (Å²) in [6.07, 6.45) is 1.34. The van der Waals surface area contributed by atoms with E-state index < -0.39 is 0 Å². The van der Waals surface area contributed by atoms with Crippen LogP contribution in [0.25, 0.3) is 0 Å². The van der Waals surface area contributed by atoms with Crippen LogP contribution in [0.4, 0.5) is 0 Å².